The monoisotopic (exact) mass is 300 g/mol. The summed E-state index contributed by atoms with van der Waals surface area (Å²) in [5.74, 6) is -0.931. The van der Waals surface area contributed by atoms with Gasteiger partial charge in [0.15, 0.2) is 12.2 Å². The third-order valence-electron chi connectivity index (χ3n) is 4.27. The van der Waals surface area contributed by atoms with Gasteiger partial charge in [-0.3, -0.25) is 9.59 Å². The molecule has 3 atom stereocenters. The number of carbonyl (C=O) groups is 1. The van der Waals surface area contributed by atoms with Crippen LogP contribution in [0.25, 0.3) is 10.8 Å². The van der Waals surface area contributed by atoms with Crippen molar-refractivity contribution >= 4 is 16.7 Å². The lowest BCUT2D eigenvalue weighted by Gasteiger charge is -2.15. The highest BCUT2D eigenvalue weighted by molar-refractivity contribution is 5.81. The molecule has 4 rings (SSSR count). The van der Waals surface area contributed by atoms with Gasteiger partial charge in [-0.05, 0) is 12.1 Å². The van der Waals surface area contributed by atoms with E-state index in [1.165, 1.54) is 16.5 Å². The van der Waals surface area contributed by atoms with Crippen molar-refractivity contribution in [3.8, 4) is 0 Å². The molecule has 0 spiro atoms. The molecule has 8 heteroatoms. The van der Waals surface area contributed by atoms with Crippen molar-refractivity contribution in [2.75, 3.05) is 13.7 Å². The highest BCUT2D eigenvalue weighted by Crippen LogP contribution is 2.40. The first-order valence-electron chi connectivity index (χ1n) is 6.85. The summed E-state index contributed by atoms with van der Waals surface area (Å²) in [6.07, 6.45) is -0.631. The van der Waals surface area contributed by atoms with E-state index in [1.54, 1.807) is 24.3 Å². The molecule has 0 amide bonds. The highest BCUT2D eigenvalue weighted by atomic mass is 16.5. The molecule has 0 saturated heterocycles. The van der Waals surface area contributed by atoms with Crippen LogP contribution in [0.2, 0.25) is 0 Å². The number of benzene rings is 1. The number of esters is 1. The Hall–Kier alpha value is -2.77. The van der Waals surface area contributed by atoms with Crippen molar-refractivity contribution in [3.05, 3.63) is 45.0 Å². The van der Waals surface area contributed by atoms with E-state index in [9.17, 15) is 14.4 Å². The first-order valence-corrected chi connectivity index (χ1v) is 6.85. The van der Waals surface area contributed by atoms with Crippen LogP contribution in [0.5, 0.6) is 0 Å². The molecule has 0 bridgehead atoms. The minimum atomic E-state index is -0.880. The number of hydrogen-bond acceptors (Lipinski definition) is 6. The van der Waals surface area contributed by atoms with Crippen LogP contribution in [-0.2, 0) is 9.53 Å². The third kappa shape index (κ3) is 1.44. The normalized spacial score (nSPS) is 25.2. The Morgan fingerprint density at radius 1 is 1.18 bits per heavy atom. The summed E-state index contributed by atoms with van der Waals surface area (Å²) >= 11 is 0. The second-order valence-electron chi connectivity index (χ2n) is 5.33. The maximum atomic E-state index is 12.8. The van der Waals surface area contributed by atoms with Gasteiger partial charge < -0.3 is 4.74 Å². The van der Waals surface area contributed by atoms with Crippen LogP contribution in [0.3, 0.4) is 0 Å². The quantitative estimate of drug-likeness (QED) is 0.715. The molecule has 0 fully saturated rings. The van der Waals surface area contributed by atoms with Gasteiger partial charge >= 0.3 is 5.97 Å². The Balaban J connectivity index is 2.14. The first kappa shape index (κ1) is 12.9. The van der Waals surface area contributed by atoms with Crippen molar-refractivity contribution in [2.24, 2.45) is 16.1 Å². The molecule has 2 aromatic rings. The lowest BCUT2D eigenvalue weighted by Crippen LogP contribution is -2.39. The van der Waals surface area contributed by atoms with Crippen LogP contribution in [0.15, 0.2) is 44.1 Å². The standard InChI is InChI=1S/C14H12N4O4/c1-22-14(21)10-9-6-15-16-11(9)18-13(20)8-5-3-2-4-7(8)12(19)17(10)18/h2-5,9-11H,6H2,1H3/t9-,10+,11+/m0/s1. The molecule has 3 heterocycles. The van der Waals surface area contributed by atoms with Crippen LogP contribution in [0.1, 0.15) is 12.2 Å². The molecule has 0 saturated carbocycles. The molecule has 0 N–H and O–H groups in total. The zero-order valence-corrected chi connectivity index (χ0v) is 11.7. The van der Waals surface area contributed by atoms with Gasteiger partial charge in [-0.1, -0.05) is 12.1 Å². The molecule has 2 aliphatic rings. The second kappa shape index (κ2) is 4.36. The molecule has 1 aromatic carbocycles. The van der Waals surface area contributed by atoms with Gasteiger partial charge in [-0.2, -0.15) is 10.2 Å². The first-order chi connectivity index (χ1) is 10.6. The van der Waals surface area contributed by atoms with Crippen LogP contribution >= 0.6 is 0 Å². The predicted octanol–water partition coefficient (Wildman–Crippen LogP) is 0.472. The molecular weight excluding hydrogens is 288 g/mol. The van der Waals surface area contributed by atoms with Gasteiger partial charge in [0.05, 0.1) is 30.3 Å². The summed E-state index contributed by atoms with van der Waals surface area (Å²) < 4.78 is 7.24. The number of carbonyl (C=O) groups excluding carboxylic acids is 1. The Bertz CT molecular complexity index is 942. The zero-order valence-electron chi connectivity index (χ0n) is 11.7. The third-order valence-corrected chi connectivity index (χ3v) is 4.27. The Kier molecular flexibility index (Phi) is 2.56. The number of fused-ring (bicyclic) bond motifs is 4. The minimum absolute atomic E-state index is 0.286. The number of rotatable bonds is 1. The fraction of sp³-hybridized carbons (Fsp3) is 0.357. The van der Waals surface area contributed by atoms with Crippen LogP contribution in [0.4, 0.5) is 0 Å². The summed E-state index contributed by atoms with van der Waals surface area (Å²) in [6.45, 7) is 0.286. The van der Waals surface area contributed by atoms with E-state index in [0.29, 0.717) is 5.39 Å². The molecule has 2 aliphatic heterocycles. The van der Waals surface area contributed by atoms with Crippen LogP contribution in [0, 0.1) is 5.92 Å². The van der Waals surface area contributed by atoms with Crippen molar-refractivity contribution in [1.29, 1.82) is 0 Å². The number of nitrogens with zero attached hydrogens (tertiary/aromatic N) is 4. The lowest BCUT2D eigenvalue weighted by atomic mass is 10.00. The van der Waals surface area contributed by atoms with Crippen molar-refractivity contribution in [1.82, 2.24) is 9.36 Å². The average Bonchev–Trinajstić information content (AvgIpc) is 3.12. The number of methoxy groups -OCH3 is 1. The van der Waals surface area contributed by atoms with Crippen LogP contribution in [-0.4, -0.2) is 29.0 Å². The molecule has 8 nitrogen and oxygen atoms in total. The summed E-state index contributed by atoms with van der Waals surface area (Å²) in [6, 6.07) is 5.68. The van der Waals surface area contributed by atoms with Crippen molar-refractivity contribution in [3.63, 3.8) is 0 Å². The maximum Gasteiger partial charge on any atom is 0.331 e. The van der Waals surface area contributed by atoms with Gasteiger partial charge in [0.25, 0.3) is 11.1 Å². The minimum Gasteiger partial charge on any atom is -0.467 e. The van der Waals surface area contributed by atoms with E-state index < -0.39 is 23.7 Å². The zero-order chi connectivity index (χ0) is 15.4. The molecular formula is C14H12N4O4. The Morgan fingerprint density at radius 3 is 2.45 bits per heavy atom. The fourth-order valence-electron chi connectivity index (χ4n) is 3.28. The van der Waals surface area contributed by atoms with Gasteiger partial charge in [0.1, 0.15) is 0 Å². The van der Waals surface area contributed by atoms with Crippen molar-refractivity contribution in [2.45, 2.75) is 12.2 Å². The van der Waals surface area contributed by atoms with Gasteiger partial charge in [-0.25, -0.2) is 14.2 Å². The Labute approximate surface area is 123 Å². The van der Waals surface area contributed by atoms with E-state index in [2.05, 4.69) is 10.2 Å². The topological polar surface area (TPSA) is 95.0 Å². The van der Waals surface area contributed by atoms with Crippen molar-refractivity contribution < 1.29 is 9.53 Å². The predicted molar refractivity (Wildman–Crippen MR) is 75.8 cm³/mol. The van der Waals surface area contributed by atoms with Crippen LogP contribution < -0.4 is 11.1 Å². The lowest BCUT2D eigenvalue weighted by molar-refractivity contribution is -0.145. The smallest absolute Gasteiger partial charge is 0.331 e. The van der Waals surface area contributed by atoms with E-state index in [1.807, 2.05) is 0 Å². The van der Waals surface area contributed by atoms with E-state index in [0.717, 1.165) is 0 Å². The maximum absolute atomic E-state index is 12.8. The molecule has 22 heavy (non-hydrogen) atoms. The SMILES string of the molecule is COC(=O)[C@H]1[C@@H]2CN=N[C@@H]2n2c(=O)c3ccccc3c(=O)n21. The number of aromatic nitrogens is 2. The largest absolute Gasteiger partial charge is 0.467 e. The van der Waals surface area contributed by atoms with Gasteiger partial charge in [0.2, 0.25) is 0 Å². The number of azo groups is 1. The number of ether oxygens (including phenoxy) is 1. The van der Waals surface area contributed by atoms with E-state index in [-0.39, 0.29) is 23.4 Å². The van der Waals surface area contributed by atoms with E-state index >= 15 is 0 Å². The molecule has 0 unspecified atom stereocenters. The van der Waals surface area contributed by atoms with Gasteiger partial charge in [0, 0.05) is 0 Å². The highest BCUT2D eigenvalue weighted by Gasteiger charge is 2.49. The molecule has 112 valence electrons. The summed E-state index contributed by atoms with van der Waals surface area (Å²) in [5.41, 5.74) is -0.743. The average molecular weight is 300 g/mol. The van der Waals surface area contributed by atoms with Gasteiger partial charge in [-0.15, -0.1) is 0 Å². The van der Waals surface area contributed by atoms with E-state index in [4.69, 9.17) is 4.74 Å². The molecule has 0 aliphatic carbocycles. The Morgan fingerprint density at radius 2 is 1.82 bits per heavy atom. The fourth-order valence-corrected chi connectivity index (χ4v) is 3.28. The summed E-state index contributed by atoms with van der Waals surface area (Å²) in [7, 11) is 1.26. The summed E-state index contributed by atoms with van der Waals surface area (Å²) in [5, 5.41) is 8.56. The summed E-state index contributed by atoms with van der Waals surface area (Å²) in [4.78, 5) is 37.6. The molecule has 1 aromatic heterocycles. The molecule has 0 radical (unpaired) electrons. The second-order valence-corrected chi connectivity index (χ2v) is 5.33. The number of hydrogen-bond donors (Lipinski definition) is 0.